The molecule has 1 aliphatic rings. The number of benzene rings is 4. The second kappa shape index (κ2) is 20.8. The van der Waals surface area contributed by atoms with Crippen LogP contribution in [0.5, 0.6) is 34.5 Å². The van der Waals surface area contributed by atoms with Crippen LogP contribution in [0.15, 0.2) is 60.7 Å². The molecule has 0 saturated heterocycles. The first kappa shape index (κ1) is 39.8. The molecule has 0 spiro atoms. The first-order chi connectivity index (χ1) is 25.5. The van der Waals surface area contributed by atoms with Gasteiger partial charge in [-0.05, 0) is 72.2 Å². The van der Waals surface area contributed by atoms with Crippen molar-refractivity contribution in [2.45, 2.75) is 79.1 Å². The molecular weight excluding hydrogens is 784 g/mol. The topological polar surface area (TPSA) is 55.4 Å². The fraction of sp³-hybridized carbons (Fsp3) is 0.455. The van der Waals surface area contributed by atoms with Crippen molar-refractivity contribution >= 4 is 31.9 Å². The lowest BCUT2D eigenvalue weighted by molar-refractivity contribution is 0.302. The second-order valence-corrected chi connectivity index (χ2v) is 14.7. The molecule has 0 radical (unpaired) electrons. The van der Waals surface area contributed by atoms with E-state index in [0.717, 1.165) is 115 Å². The molecule has 0 unspecified atom stereocenters. The van der Waals surface area contributed by atoms with Crippen molar-refractivity contribution in [1.82, 2.24) is 0 Å². The van der Waals surface area contributed by atoms with Crippen molar-refractivity contribution < 1.29 is 28.4 Å². The van der Waals surface area contributed by atoms with Gasteiger partial charge in [0.25, 0.3) is 0 Å². The third-order valence-electron chi connectivity index (χ3n) is 8.81. The van der Waals surface area contributed by atoms with Crippen molar-refractivity contribution in [1.29, 1.82) is 0 Å². The molecule has 8 heteroatoms. The van der Waals surface area contributed by atoms with Crippen LogP contribution in [0.1, 0.15) is 97.9 Å². The fourth-order valence-electron chi connectivity index (χ4n) is 6.66. The molecule has 0 atom stereocenters. The van der Waals surface area contributed by atoms with E-state index in [1.165, 1.54) is 0 Å². The van der Waals surface area contributed by atoms with Crippen LogP contribution >= 0.6 is 31.9 Å². The molecule has 0 fully saturated rings. The summed E-state index contributed by atoms with van der Waals surface area (Å²) in [6, 6.07) is 21.6. The molecule has 1 aliphatic carbocycles. The number of fused-ring (bicyclic) bond motifs is 8. The molecule has 0 heterocycles. The third-order valence-corrected chi connectivity index (χ3v) is 9.45. The number of ether oxygens (including phenoxy) is 6. The Morgan fingerprint density at radius 2 is 0.654 bits per heavy atom. The molecule has 52 heavy (non-hydrogen) atoms. The normalized spacial score (nSPS) is 12.3. The molecule has 4 aromatic rings. The van der Waals surface area contributed by atoms with E-state index in [4.69, 9.17) is 28.4 Å². The average Bonchev–Trinajstić information content (AvgIpc) is 3.14. The summed E-state index contributed by atoms with van der Waals surface area (Å²) in [6.45, 7) is 12.2. The summed E-state index contributed by atoms with van der Waals surface area (Å²) < 4.78 is 39.2. The Kier molecular flexibility index (Phi) is 15.9. The third kappa shape index (κ3) is 10.4. The minimum atomic E-state index is 0.546. The number of para-hydroxylation sites is 2. The van der Waals surface area contributed by atoms with Gasteiger partial charge in [-0.3, -0.25) is 0 Å². The summed E-state index contributed by atoms with van der Waals surface area (Å²) in [7, 11) is 0. The van der Waals surface area contributed by atoms with E-state index in [1.807, 2.05) is 0 Å². The molecule has 280 valence electrons. The summed E-state index contributed by atoms with van der Waals surface area (Å²) >= 11 is 7.21. The summed E-state index contributed by atoms with van der Waals surface area (Å²) in [6.07, 6.45) is 6.15. The molecule has 0 N–H and O–H groups in total. The zero-order valence-corrected chi connectivity index (χ0v) is 34.5. The zero-order chi connectivity index (χ0) is 36.7. The first-order valence-corrected chi connectivity index (χ1v) is 21.2. The lowest BCUT2D eigenvalue weighted by atomic mass is 9.91. The largest absolute Gasteiger partial charge is 0.494 e. The van der Waals surface area contributed by atoms with Gasteiger partial charge >= 0.3 is 0 Å². The minimum absolute atomic E-state index is 0.546. The van der Waals surface area contributed by atoms with Crippen LogP contribution in [0, 0.1) is 0 Å². The second-order valence-electron chi connectivity index (χ2n) is 13.1. The van der Waals surface area contributed by atoms with Gasteiger partial charge < -0.3 is 28.4 Å². The van der Waals surface area contributed by atoms with Gasteiger partial charge in [0, 0.05) is 58.6 Å². The minimum Gasteiger partial charge on any atom is -0.494 e. The molecule has 4 aromatic carbocycles. The Labute approximate surface area is 327 Å². The van der Waals surface area contributed by atoms with Gasteiger partial charge in [-0.15, -0.1) is 0 Å². The van der Waals surface area contributed by atoms with E-state index >= 15 is 0 Å². The van der Waals surface area contributed by atoms with E-state index < -0.39 is 0 Å². The molecule has 0 aliphatic heterocycles. The van der Waals surface area contributed by atoms with E-state index in [2.05, 4.69) is 120 Å². The Morgan fingerprint density at radius 3 is 0.942 bits per heavy atom. The van der Waals surface area contributed by atoms with Gasteiger partial charge in [0.05, 0.1) is 39.6 Å². The van der Waals surface area contributed by atoms with Crippen molar-refractivity contribution in [2.75, 3.05) is 50.3 Å². The summed E-state index contributed by atoms with van der Waals surface area (Å²) in [5, 5.41) is 1.45. The molecule has 5 rings (SSSR count). The number of hydrogen-bond acceptors (Lipinski definition) is 6. The number of rotatable bonds is 18. The smallest absolute Gasteiger partial charge is 0.126 e. The lowest BCUT2D eigenvalue weighted by Gasteiger charge is -2.23. The van der Waals surface area contributed by atoms with Gasteiger partial charge in [-0.2, -0.15) is 0 Å². The number of halogens is 2. The maximum absolute atomic E-state index is 6.66. The van der Waals surface area contributed by atoms with Crippen LogP contribution in [0.3, 0.4) is 0 Å². The van der Waals surface area contributed by atoms with Gasteiger partial charge in [-0.1, -0.05) is 96.0 Å². The Bertz CT molecular complexity index is 1520. The van der Waals surface area contributed by atoms with Gasteiger partial charge in [0.15, 0.2) is 0 Å². The highest BCUT2D eigenvalue weighted by Crippen LogP contribution is 2.41. The fourth-order valence-corrected chi connectivity index (χ4v) is 6.99. The van der Waals surface area contributed by atoms with Crippen LogP contribution in [0.2, 0.25) is 0 Å². The molecule has 8 bridgehead atoms. The predicted molar refractivity (Wildman–Crippen MR) is 219 cm³/mol. The molecule has 6 nitrogen and oxygen atoms in total. The first-order valence-electron chi connectivity index (χ1n) is 18.9. The van der Waals surface area contributed by atoms with Gasteiger partial charge in [0.1, 0.15) is 34.5 Å². The highest BCUT2D eigenvalue weighted by Gasteiger charge is 2.23. The Balaban J connectivity index is 1.81. The molecular formula is C44H54Br2O6. The van der Waals surface area contributed by atoms with Gasteiger partial charge in [0.2, 0.25) is 0 Å². The average molecular weight is 839 g/mol. The summed E-state index contributed by atoms with van der Waals surface area (Å²) in [5.74, 6) is 5.31. The van der Waals surface area contributed by atoms with E-state index in [9.17, 15) is 0 Å². The quantitative estimate of drug-likeness (QED) is 0.0820. The summed E-state index contributed by atoms with van der Waals surface area (Å²) in [4.78, 5) is 0. The van der Waals surface area contributed by atoms with Crippen LogP contribution in [-0.2, 0) is 25.7 Å². The van der Waals surface area contributed by atoms with Gasteiger partial charge in [-0.25, -0.2) is 0 Å². The lowest BCUT2D eigenvalue weighted by Crippen LogP contribution is -2.11. The van der Waals surface area contributed by atoms with E-state index in [-0.39, 0.29) is 0 Å². The highest BCUT2D eigenvalue weighted by atomic mass is 79.9. The standard InChI is InChI=1S/C44H54Br2O6/c1-5-17-47-39-27-35-23-31-11-9-13-33(41(31)51-21-15-45)25-37-29-40(48-18-6-2)30-38(44(37)50-20-8-4)26-34-14-10-12-32(42(34)52-22-16-46)24-36(28-39)43(35)49-19-7-3/h9-14,27-30H,5-8,15-26H2,1-4H3. The SMILES string of the molecule is CCCOc1cc2c(OCCC)c(c1)Cc1cccc(c1OCCBr)Cc1cc(OCCC)cc(c1OCCC)Cc1cccc(c1OCCBr)C2. The van der Waals surface area contributed by atoms with Crippen LogP contribution in [0.25, 0.3) is 0 Å². The number of hydrogen-bond donors (Lipinski definition) is 0. The molecule has 0 amide bonds. The monoisotopic (exact) mass is 836 g/mol. The Morgan fingerprint density at radius 1 is 0.385 bits per heavy atom. The van der Waals surface area contributed by atoms with Crippen molar-refractivity contribution in [3.05, 3.63) is 105 Å². The molecule has 0 saturated carbocycles. The van der Waals surface area contributed by atoms with Crippen LogP contribution in [0.4, 0.5) is 0 Å². The Hall–Kier alpha value is -3.36. The van der Waals surface area contributed by atoms with E-state index in [0.29, 0.717) is 65.3 Å². The van der Waals surface area contributed by atoms with Crippen molar-refractivity contribution in [3.8, 4) is 34.5 Å². The maximum atomic E-state index is 6.66. The number of alkyl halides is 2. The van der Waals surface area contributed by atoms with E-state index in [1.54, 1.807) is 0 Å². The predicted octanol–water partition coefficient (Wildman–Crippen LogP) is 11.1. The summed E-state index contributed by atoms with van der Waals surface area (Å²) in [5.41, 5.74) is 8.71. The van der Waals surface area contributed by atoms with Crippen molar-refractivity contribution in [3.63, 3.8) is 0 Å². The maximum Gasteiger partial charge on any atom is 0.126 e. The molecule has 0 aromatic heterocycles. The van der Waals surface area contributed by atoms with Crippen LogP contribution in [-0.4, -0.2) is 50.3 Å². The highest BCUT2D eigenvalue weighted by molar-refractivity contribution is 9.09. The van der Waals surface area contributed by atoms with Crippen LogP contribution < -0.4 is 28.4 Å². The van der Waals surface area contributed by atoms with Crippen molar-refractivity contribution in [2.24, 2.45) is 0 Å². The zero-order valence-electron chi connectivity index (χ0n) is 31.3.